The molecule has 35 heavy (non-hydrogen) atoms. The highest BCUT2D eigenvalue weighted by Gasteiger charge is 2.43. The molecule has 0 bridgehead atoms. The molecular weight excluding hydrogens is 472 g/mol. The Labute approximate surface area is 203 Å². The lowest BCUT2D eigenvalue weighted by Gasteiger charge is -2.29. The number of carboxylic acid groups (broad SMARTS) is 2. The standard InChI is InChI=1S/C22H40O13/c23-9-7-5-3-1-2-4-6-8-10-34-14-16(20(30)19(29)15(25)13-24)35-18(28)12-22(33,21(31)32)11-17(26)27/h15-16,19-20,23-25,29-30,33H,1-14H2,(H,26,27)(H,31,32)/t15-,16+,19-,20-,22?/m1/s1. The van der Waals surface area contributed by atoms with Gasteiger partial charge in [0.25, 0.3) is 0 Å². The van der Waals surface area contributed by atoms with Crippen LogP contribution in [0.2, 0.25) is 0 Å². The molecule has 13 nitrogen and oxygen atoms in total. The van der Waals surface area contributed by atoms with E-state index in [0.29, 0.717) is 6.42 Å². The number of aliphatic hydroxyl groups excluding tert-OH is 5. The Kier molecular flexibility index (Phi) is 17.4. The van der Waals surface area contributed by atoms with E-state index in [1.54, 1.807) is 0 Å². The Morgan fingerprint density at radius 1 is 0.771 bits per heavy atom. The molecule has 0 aromatic heterocycles. The smallest absolute Gasteiger partial charge is 0.336 e. The van der Waals surface area contributed by atoms with Crippen molar-refractivity contribution in [2.75, 3.05) is 26.4 Å². The van der Waals surface area contributed by atoms with Gasteiger partial charge in [0.15, 0.2) is 11.7 Å². The molecule has 206 valence electrons. The molecule has 8 N–H and O–H groups in total. The van der Waals surface area contributed by atoms with Gasteiger partial charge in [-0.25, -0.2) is 4.79 Å². The molecule has 0 aromatic rings. The van der Waals surface area contributed by atoms with Crippen LogP contribution in [-0.4, -0.2) is 115 Å². The first-order valence-electron chi connectivity index (χ1n) is 11.7. The largest absolute Gasteiger partial charge is 0.481 e. The Hall–Kier alpha value is -1.87. The van der Waals surface area contributed by atoms with E-state index in [1.165, 1.54) is 0 Å². The normalized spacial score (nSPS) is 16.6. The van der Waals surface area contributed by atoms with Crippen LogP contribution in [0, 0.1) is 0 Å². The number of aliphatic carboxylic acids is 2. The maximum absolute atomic E-state index is 12.2. The summed E-state index contributed by atoms with van der Waals surface area (Å²) >= 11 is 0. The Balaban J connectivity index is 4.80. The van der Waals surface area contributed by atoms with Gasteiger partial charge in [-0.3, -0.25) is 9.59 Å². The summed E-state index contributed by atoms with van der Waals surface area (Å²) in [5, 5.41) is 75.3. The van der Waals surface area contributed by atoms with Crippen LogP contribution in [0.3, 0.4) is 0 Å². The van der Waals surface area contributed by atoms with Crippen molar-refractivity contribution in [1.29, 1.82) is 0 Å². The fourth-order valence-corrected chi connectivity index (χ4v) is 3.25. The third kappa shape index (κ3) is 14.3. The van der Waals surface area contributed by atoms with E-state index in [1.807, 2.05) is 0 Å². The van der Waals surface area contributed by atoms with Crippen LogP contribution < -0.4 is 0 Å². The lowest BCUT2D eigenvalue weighted by atomic mass is 9.95. The van der Waals surface area contributed by atoms with Crippen LogP contribution in [0.25, 0.3) is 0 Å². The number of ether oxygens (including phenoxy) is 2. The Bertz CT molecular complexity index is 614. The number of hydrogen-bond donors (Lipinski definition) is 8. The van der Waals surface area contributed by atoms with Crippen molar-refractivity contribution in [3.63, 3.8) is 0 Å². The van der Waals surface area contributed by atoms with Gasteiger partial charge in [-0.15, -0.1) is 0 Å². The molecule has 0 saturated heterocycles. The molecule has 0 rings (SSSR count). The van der Waals surface area contributed by atoms with E-state index >= 15 is 0 Å². The number of esters is 1. The first-order chi connectivity index (χ1) is 16.5. The minimum atomic E-state index is -2.96. The van der Waals surface area contributed by atoms with Gasteiger partial charge in [0.05, 0.1) is 26.1 Å². The summed E-state index contributed by atoms with van der Waals surface area (Å²) in [7, 11) is 0. The summed E-state index contributed by atoms with van der Waals surface area (Å²) in [6.07, 6.45) is -2.42. The SMILES string of the molecule is O=C(O)CC(O)(CC(=O)O[C@@H](COCCCCCCCCCCO)[C@@H](O)[C@H](O)[C@H](O)CO)C(=O)O. The van der Waals surface area contributed by atoms with Gasteiger partial charge < -0.3 is 50.3 Å². The second-order valence-corrected chi connectivity index (χ2v) is 8.47. The fourth-order valence-electron chi connectivity index (χ4n) is 3.25. The second kappa shape index (κ2) is 18.4. The van der Waals surface area contributed by atoms with Crippen LogP contribution >= 0.6 is 0 Å². The topological polar surface area (TPSA) is 232 Å². The lowest BCUT2D eigenvalue weighted by molar-refractivity contribution is -0.184. The third-order valence-electron chi connectivity index (χ3n) is 5.35. The van der Waals surface area contributed by atoms with Gasteiger partial charge in [-0.05, 0) is 12.8 Å². The average molecular weight is 513 g/mol. The quantitative estimate of drug-likeness (QED) is 0.0629. The molecule has 0 aliphatic heterocycles. The van der Waals surface area contributed by atoms with Crippen molar-refractivity contribution in [2.24, 2.45) is 0 Å². The molecule has 0 amide bonds. The lowest BCUT2D eigenvalue weighted by Crippen LogP contribution is -2.50. The van der Waals surface area contributed by atoms with Gasteiger partial charge in [0.1, 0.15) is 18.3 Å². The summed E-state index contributed by atoms with van der Waals surface area (Å²) < 4.78 is 10.3. The van der Waals surface area contributed by atoms with Crippen molar-refractivity contribution in [3.8, 4) is 0 Å². The number of aliphatic hydroxyl groups is 6. The molecule has 0 spiro atoms. The van der Waals surface area contributed by atoms with E-state index < -0.39 is 74.0 Å². The number of rotatable bonds is 22. The maximum Gasteiger partial charge on any atom is 0.336 e. The summed E-state index contributed by atoms with van der Waals surface area (Å²) in [6, 6.07) is 0. The van der Waals surface area contributed by atoms with Crippen molar-refractivity contribution >= 4 is 17.9 Å². The molecule has 0 fully saturated rings. The predicted molar refractivity (Wildman–Crippen MR) is 119 cm³/mol. The zero-order valence-corrected chi connectivity index (χ0v) is 19.8. The number of carboxylic acids is 2. The zero-order valence-electron chi connectivity index (χ0n) is 19.8. The summed E-state index contributed by atoms with van der Waals surface area (Å²) in [5.74, 6) is -5.01. The highest BCUT2D eigenvalue weighted by Crippen LogP contribution is 2.19. The monoisotopic (exact) mass is 512 g/mol. The van der Waals surface area contributed by atoms with Crippen LogP contribution in [0.4, 0.5) is 0 Å². The third-order valence-corrected chi connectivity index (χ3v) is 5.35. The first-order valence-corrected chi connectivity index (χ1v) is 11.7. The molecule has 0 saturated carbocycles. The maximum atomic E-state index is 12.2. The minimum absolute atomic E-state index is 0.196. The zero-order chi connectivity index (χ0) is 26.9. The minimum Gasteiger partial charge on any atom is -0.481 e. The highest BCUT2D eigenvalue weighted by molar-refractivity contribution is 5.88. The molecule has 1 unspecified atom stereocenters. The van der Waals surface area contributed by atoms with E-state index in [0.717, 1.165) is 44.9 Å². The van der Waals surface area contributed by atoms with E-state index in [2.05, 4.69) is 0 Å². The van der Waals surface area contributed by atoms with Crippen molar-refractivity contribution in [3.05, 3.63) is 0 Å². The molecule has 0 aliphatic carbocycles. The Morgan fingerprint density at radius 3 is 1.80 bits per heavy atom. The number of unbranched alkanes of at least 4 members (excludes halogenated alkanes) is 7. The molecule has 0 radical (unpaired) electrons. The molecule has 0 aliphatic rings. The first kappa shape index (κ1) is 33.1. The van der Waals surface area contributed by atoms with E-state index in [4.69, 9.17) is 29.9 Å². The molecule has 13 heteroatoms. The number of carbonyl (C=O) groups excluding carboxylic acids is 1. The van der Waals surface area contributed by atoms with Gasteiger partial charge in [-0.1, -0.05) is 38.5 Å². The average Bonchev–Trinajstić information content (AvgIpc) is 2.79. The van der Waals surface area contributed by atoms with Gasteiger partial charge in [0.2, 0.25) is 0 Å². The summed E-state index contributed by atoms with van der Waals surface area (Å²) in [5.41, 5.74) is -2.96. The summed E-state index contributed by atoms with van der Waals surface area (Å²) in [6.45, 7) is -0.950. The second-order valence-electron chi connectivity index (χ2n) is 8.47. The molecule has 5 atom stereocenters. The van der Waals surface area contributed by atoms with Crippen molar-refractivity contribution < 1.29 is 64.7 Å². The van der Waals surface area contributed by atoms with E-state index in [9.17, 15) is 34.8 Å². The molecule has 0 heterocycles. The molecular formula is C22H40O13. The van der Waals surface area contributed by atoms with Crippen LogP contribution in [-0.2, 0) is 23.9 Å². The number of carbonyl (C=O) groups is 3. The molecule has 0 aromatic carbocycles. The van der Waals surface area contributed by atoms with Crippen LogP contribution in [0.1, 0.15) is 64.2 Å². The van der Waals surface area contributed by atoms with Crippen LogP contribution in [0.5, 0.6) is 0 Å². The van der Waals surface area contributed by atoms with E-state index in [-0.39, 0.29) is 13.2 Å². The van der Waals surface area contributed by atoms with Crippen LogP contribution in [0.15, 0.2) is 0 Å². The summed E-state index contributed by atoms with van der Waals surface area (Å²) in [4.78, 5) is 34.3. The van der Waals surface area contributed by atoms with Gasteiger partial charge >= 0.3 is 17.9 Å². The Morgan fingerprint density at radius 2 is 1.31 bits per heavy atom. The highest BCUT2D eigenvalue weighted by atomic mass is 16.6. The van der Waals surface area contributed by atoms with Crippen molar-refractivity contribution in [1.82, 2.24) is 0 Å². The van der Waals surface area contributed by atoms with Gasteiger partial charge in [-0.2, -0.15) is 0 Å². The fraction of sp³-hybridized carbons (Fsp3) is 0.864. The van der Waals surface area contributed by atoms with Gasteiger partial charge in [0, 0.05) is 13.2 Å². The predicted octanol–water partition coefficient (Wildman–Crippen LogP) is -1.22. The van der Waals surface area contributed by atoms with Crippen molar-refractivity contribution in [2.45, 2.75) is 94.2 Å². The number of hydrogen-bond acceptors (Lipinski definition) is 11.